The number of halogens is 1. The number of rotatable bonds is 2. The van der Waals surface area contributed by atoms with Gasteiger partial charge in [0.25, 0.3) is 5.78 Å². The molecule has 1 fully saturated rings. The van der Waals surface area contributed by atoms with Gasteiger partial charge in [0.2, 0.25) is 0 Å². The third-order valence-electron chi connectivity index (χ3n) is 4.05. The zero-order valence-electron chi connectivity index (χ0n) is 11.2. The van der Waals surface area contributed by atoms with Crippen molar-refractivity contribution in [3.05, 3.63) is 17.5 Å². The lowest BCUT2D eigenvalue weighted by Gasteiger charge is -2.39. The summed E-state index contributed by atoms with van der Waals surface area (Å²) in [7, 11) is 0. The molecule has 5 nitrogen and oxygen atoms in total. The van der Waals surface area contributed by atoms with Gasteiger partial charge in [0, 0.05) is 12.1 Å². The maximum absolute atomic E-state index is 6.04. The Bertz CT molecular complexity index is 592. The van der Waals surface area contributed by atoms with Crippen molar-refractivity contribution in [3.8, 4) is 0 Å². The molecule has 0 saturated heterocycles. The number of hydrogen-bond donors (Lipinski definition) is 1. The lowest BCUT2D eigenvalue weighted by Crippen LogP contribution is -2.39. The number of fused-ring (bicyclic) bond motifs is 1. The first-order chi connectivity index (χ1) is 9.06. The van der Waals surface area contributed by atoms with Crippen molar-refractivity contribution in [2.45, 2.75) is 45.6 Å². The monoisotopic (exact) mass is 279 g/mol. The van der Waals surface area contributed by atoms with Gasteiger partial charge in [-0.25, -0.2) is 0 Å². The summed E-state index contributed by atoms with van der Waals surface area (Å²) in [6.45, 7) is 4.62. The van der Waals surface area contributed by atoms with Crippen molar-refractivity contribution >= 4 is 23.2 Å². The summed E-state index contributed by atoms with van der Waals surface area (Å²) >= 11 is 6.04. The Morgan fingerprint density at radius 3 is 3.05 bits per heavy atom. The predicted octanol–water partition coefficient (Wildman–Crippen LogP) is 3.16. The molecule has 0 aromatic carbocycles. The third-order valence-corrected chi connectivity index (χ3v) is 4.24. The Morgan fingerprint density at radius 1 is 1.42 bits per heavy atom. The van der Waals surface area contributed by atoms with E-state index in [1.165, 1.54) is 32.0 Å². The molecule has 0 aliphatic heterocycles. The molecule has 19 heavy (non-hydrogen) atoms. The van der Waals surface area contributed by atoms with Crippen LogP contribution >= 0.6 is 11.6 Å². The molecule has 102 valence electrons. The van der Waals surface area contributed by atoms with E-state index in [-0.39, 0.29) is 5.41 Å². The van der Waals surface area contributed by atoms with Crippen LogP contribution in [0.4, 0.5) is 5.82 Å². The lowest BCUT2D eigenvalue weighted by atomic mass is 9.73. The highest BCUT2D eigenvalue weighted by Gasteiger charge is 2.32. The van der Waals surface area contributed by atoms with Gasteiger partial charge in [-0.1, -0.05) is 38.3 Å². The summed E-state index contributed by atoms with van der Waals surface area (Å²) in [5, 5.41) is 8.21. The summed E-state index contributed by atoms with van der Waals surface area (Å²) in [6, 6.07) is 2.24. The van der Waals surface area contributed by atoms with Crippen LogP contribution < -0.4 is 5.32 Å². The molecule has 0 amide bonds. The highest BCUT2D eigenvalue weighted by molar-refractivity contribution is 6.29. The van der Waals surface area contributed by atoms with Gasteiger partial charge in [0.15, 0.2) is 0 Å². The molecule has 1 aliphatic carbocycles. The maximum atomic E-state index is 6.04. The van der Waals surface area contributed by atoms with Gasteiger partial charge in [-0.15, -0.1) is 0 Å². The lowest BCUT2D eigenvalue weighted by molar-refractivity contribution is 0.216. The summed E-state index contributed by atoms with van der Waals surface area (Å²) in [4.78, 5) is 8.23. The second-order valence-electron chi connectivity index (χ2n) is 5.87. The third kappa shape index (κ3) is 2.39. The topological polar surface area (TPSA) is 55.1 Å². The molecule has 2 aromatic heterocycles. The smallest absolute Gasteiger partial charge is 0.255 e. The van der Waals surface area contributed by atoms with E-state index in [9.17, 15) is 0 Å². The quantitative estimate of drug-likeness (QED) is 0.858. The largest absolute Gasteiger partial charge is 0.367 e. The van der Waals surface area contributed by atoms with E-state index in [1.54, 1.807) is 4.52 Å². The van der Waals surface area contributed by atoms with Crippen molar-refractivity contribution in [2.75, 3.05) is 5.32 Å². The van der Waals surface area contributed by atoms with Crippen LogP contribution in [0.15, 0.2) is 12.4 Å². The zero-order chi connectivity index (χ0) is 13.5. The van der Waals surface area contributed by atoms with Gasteiger partial charge in [0.1, 0.15) is 17.3 Å². The van der Waals surface area contributed by atoms with Crippen LogP contribution in [0.3, 0.4) is 0 Å². The SMILES string of the molecule is CC1(C)CCCCC1Nc1cc(Cl)nc2ncnn12. The van der Waals surface area contributed by atoms with Gasteiger partial charge in [-0.2, -0.15) is 19.6 Å². The first kappa shape index (κ1) is 12.7. The number of nitrogens with one attached hydrogen (secondary N) is 1. The molecule has 3 rings (SSSR count). The molecular weight excluding hydrogens is 262 g/mol. The van der Waals surface area contributed by atoms with Crippen LogP contribution in [0.25, 0.3) is 5.78 Å². The minimum atomic E-state index is 0.279. The molecule has 1 saturated carbocycles. The van der Waals surface area contributed by atoms with Crippen molar-refractivity contribution < 1.29 is 0 Å². The molecule has 6 heteroatoms. The summed E-state index contributed by atoms with van der Waals surface area (Å²) in [5.41, 5.74) is 0.279. The molecule has 0 spiro atoms. The van der Waals surface area contributed by atoms with Gasteiger partial charge < -0.3 is 5.32 Å². The first-order valence-corrected chi connectivity index (χ1v) is 7.07. The minimum absolute atomic E-state index is 0.279. The fourth-order valence-electron chi connectivity index (χ4n) is 2.83. The molecule has 2 heterocycles. The van der Waals surface area contributed by atoms with E-state index < -0.39 is 0 Å². The Labute approximate surface area is 117 Å². The van der Waals surface area contributed by atoms with Crippen molar-refractivity contribution in [1.29, 1.82) is 0 Å². The predicted molar refractivity (Wildman–Crippen MR) is 75.5 cm³/mol. The van der Waals surface area contributed by atoms with Crippen LogP contribution in [-0.4, -0.2) is 25.6 Å². The van der Waals surface area contributed by atoms with Crippen molar-refractivity contribution in [3.63, 3.8) is 0 Å². The highest BCUT2D eigenvalue weighted by atomic mass is 35.5. The average molecular weight is 280 g/mol. The molecular formula is C13H18ClN5. The summed E-state index contributed by atoms with van der Waals surface area (Å²) in [6.07, 6.45) is 6.48. The van der Waals surface area contributed by atoms with Crippen LogP contribution in [0, 0.1) is 5.41 Å². The normalized spacial score (nSPS) is 22.6. The number of hydrogen-bond acceptors (Lipinski definition) is 4. The molecule has 0 bridgehead atoms. The number of nitrogens with zero attached hydrogens (tertiary/aromatic N) is 4. The zero-order valence-corrected chi connectivity index (χ0v) is 12.0. The van der Waals surface area contributed by atoms with E-state index in [4.69, 9.17) is 11.6 Å². The van der Waals surface area contributed by atoms with Crippen molar-refractivity contribution in [2.24, 2.45) is 5.41 Å². The molecule has 2 aromatic rings. The molecule has 1 atom stereocenters. The van der Waals surface area contributed by atoms with Crippen molar-refractivity contribution in [1.82, 2.24) is 19.6 Å². The van der Waals surface area contributed by atoms with Crippen LogP contribution in [-0.2, 0) is 0 Å². The van der Waals surface area contributed by atoms with Crippen LogP contribution in [0.2, 0.25) is 5.15 Å². The Kier molecular flexibility index (Phi) is 3.09. The molecule has 1 unspecified atom stereocenters. The van der Waals surface area contributed by atoms with E-state index in [1.807, 2.05) is 6.07 Å². The van der Waals surface area contributed by atoms with E-state index in [0.29, 0.717) is 17.0 Å². The summed E-state index contributed by atoms with van der Waals surface area (Å²) < 4.78 is 1.70. The van der Waals surface area contributed by atoms with Gasteiger partial charge in [0.05, 0.1) is 0 Å². The van der Waals surface area contributed by atoms with E-state index >= 15 is 0 Å². The summed E-state index contributed by atoms with van der Waals surface area (Å²) in [5.74, 6) is 1.40. The maximum Gasteiger partial charge on any atom is 0.255 e. The first-order valence-electron chi connectivity index (χ1n) is 6.69. The van der Waals surface area contributed by atoms with Crippen LogP contribution in [0.1, 0.15) is 39.5 Å². The molecule has 1 N–H and O–H groups in total. The van der Waals surface area contributed by atoms with Gasteiger partial charge in [-0.3, -0.25) is 0 Å². The fourth-order valence-corrected chi connectivity index (χ4v) is 3.01. The number of anilines is 1. The van der Waals surface area contributed by atoms with Gasteiger partial charge >= 0.3 is 0 Å². The second kappa shape index (κ2) is 4.63. The van der Waals surface area contributed by atoms with Crippen LogP contribution in [0.5, 0.6) is 0 Å². The van der Waals surface area contributed by atoms with E-state index in [0.717, 1.165) is 5.82 Å². The Hall–Kier alpha value is -1.36. The number of aromatic nitrogens is 4. The second-order valence-corrected chi connectivity index (χ2v) is 6.25. The Morgan fingerprint density at radius 2 is 2.26 bits per heavy atom. The van der Waals surface area contributed by atoms with Gasteiger partial charge in [-0.05, 0) is 18.3 Å². The average Bonchev–Trinajstić information content (AvgIpc) is 2.79. The fraction of sp³-hybridized carbons (Fsp3) is 0.615. The minimum Gasteiger partial charge on any atom is -0.367 e. The molecule has 1 aliphatic rings. The van der Waals surface area contributed by atoms with E-state index in [2.05, 4.69) is 34.2 Å². The Balaban J connectivity index is 1.94. The highest BCUT2D eigenvalue weighted by Crippen LogP contribution is 2.37. The molecule has 0 radical (unpaired) electrons. The standard InChI is InChI=1S/C13H18ClN5/c1-13(2)6-4-3-5-9(13)17-11-7-10(14)18-12-15-8-16-19(11)12/h7-9,17H,3-6H2,1-2H3.